The number of fused-ring (bicyclic) bond motifs is 1. The normalized spacial score (nSPS) is 21.4. The van der Waals surface area contributed by atoms with Gasteiger partial charge in [-0.25, -0.2) is 0 Å². The SMILES string of the molecule is CCC[C@H](CC(=O)[C@@H]1C[C@@H]2CCCC[C@@H]2N1C(C)=O)C(=O)C(=O)CN(Cc1ccccc1)Cc1ccccc1. The Labute approximate surface area is 232 Å². The van der Waals surface area contributed by atoms with Crippen LogP contribution >= 0.6 is 0 Å². The molecule has 4 rings (SSSR count). The quantitative estimate of drug-likeness (QED) is 0.325. The van der Waals surface area contributed by atoms with Crippen molar-refractivity contribution in [3.63, 3.8) is 0 Å². The lowest BCUT2D eigenvalue weighted by Gasteiger charge is -2.33. The van der Waals surface area contributed by atoms with Gasteiger partial charge in [0.1, 0.15) is 0 Å². The monoisotopic (exact) mass is 530 g/mol. The third kappa shape index (κ3) is 7.51. The van der Waals surface area contributed by atoms with Crippen LogP contribution < -0.4 is 0 Å². The summed E-state index contributed by atoms with van der Waals surface area (Å²) in [6.45, 7) is 4.61. The van der Waals surface area contributed by atoms with E-state index in [2.05, 4.69) is 0 Å². The highest BCUT2D eigenvalue weighted by Crippen LogP contribution is 2.40. The fraction of sp³-hybridized carbons (Fsp3) is 0.515. The number of nitrogens with zero attached hydrogens (tertiary/aromatic N) is 2. The largest absolute Gasteiger partial charge is 0.330 e. The van der Waals surface area contributed by atoms with E-state index in [9.17, 15) is 19.2 Å². The minimum atomic E-state index is -0.637. The predicted molar refractivity (Wildman–Crippen MR) is 152 cm³/mol. The topological polar surface area (TPSA) is 74.8 Å². The highest BCUT2D eigenvalue weighted by Gasteiger charge is 2.46. The Balaban J connectivity index is 1.45. The second-order valence-electron chi connectivity index (χ2n) is 11.3. The van der Waals surface area contributed by atoms with E-state index in [0.29, 0.717) is 38.3 Å². The van der Waals surface area contributed by atoms with Gasteiger partial charge in [0.15, 0.2) is 5.78 Å². The fourth-order valence-corrected chi connectivity index (χ4v) is 6.61. The summed E-state index contributed by atoms with van der Waals surface area (Å²) >= 11 is 0. The molecular weight excluding hydrogens is 488 g/mol. The fourth-order valence-electron chi connectivity index (χ4n) is 6.61. The number of likely N-dealkylation sites (tertiary alicyclic amines) is 1. The first-order valence-corrected chi connectivity index (χ1v) is 14.6. The van der Waals surface area contributed by atoms with Gasteiger partial charge in [0, 0.05) is 38.4 Å². The molecule has 1 aliphatic heterocycles. The van der Waals surface area contributed by atoms with Crippen molar-refractivity contribution in [3.05, 3.63) is 71.8 Å². The summed E-state index contributed by atoms with van der Waals surface area (Å²) < 4.78 is 0. The molecule has 39 heavy (non-hydrogen) atoms. The van der Waals surface area contributed by atoms with Gasteiger partial charge in [-0.05, 0) is 42.7 Å². The summed E-state index contributed by atoms with van der Waals surface area (Å²) in [5.41, 5.74) is 2.14. The molecule has 1 heterocycles. The van der Waals surface area contributed by atoms with Crippen molar-refractivity contribution in [1.29, 1.82) is 0 Å². The molecule has 0 spiro atoms. The van der Waals surface area contributed by atoms with Crippen molar-refractivity contribution in [3.8, 4) is 0 Å². The van der Waals surface area contributed by atoms with Gasteiger partial charge < -0.3 is 4.90 Å². The first-order chi connectivity index (χ1) is 18.9. The molecule has 0 N–H and O–H groups in total. The van der Waals surface area contributed by atoms with Crippen molar-refractivity contribution in [2.24, 2.45) is 11.8 Å². The Bertz CT molecular complexity index is 1090. The molecule has 2 aromatic rings. The predicted octanol–water partition coefficient (Wildman–Crippen LogP) is 5.38. The maximum atomic E-state index is 13.6. The number of ketones is 3. The summed E-state index contributed by atoms with van der Waals surface area (Å²) in [5.74, 6) is -1.30. The molecule has 1 amide bonds. The average molecular weight is 531 g/mol. The van der Waals surface area contributed by atoms with E-state index < -0.39 is 23.5 Å². The highest BCUT2D eigenvalue weighted by molar-refractivity contribution is 6.39. The Morgan fingerprint density at radius 2 is 1.49 bits per heavy atom. The number of amides is 1. The lowest BCUT2D eigenvalue weighted by atomic mass is 9.83. The first-order valence-electron chi connectivity index (χ1n) is 14.6. The Morgan fingerprint density at radius 3 is 2.05 bits per heavy atom. The molecule has 1 saturated carbocycles. The van der Waals surface area contributed by atoms with Gasteiger partial charge in [-0.1, -0.05) is 86.8 Å². The van der Waals surface area contributed by atoms with Crippen LogP contribution in [0.1, 0.15) is 76.3 Å². The van der Waals surface area contributed by atoms with Crippen molar-refractivity contribution < 1.29 is 19.2 Å². The van der Waals surface area contributed by atoms with Crippen LogP contribution in [0.15, 0.2) is 60.7 Å². The zero-order valence-corrected chi connectivity index (χ0v) is 23.4. The summed E-state index contributed by atoms with van der Waals surface area (Å²) in [6, 6.07) is 19.5. The van der Waals surface area contributed by atoms with E-state index in [1.54, 1.807) is 11.8 Å². The van der Waals surface area contributed by atoms with Gasteiger partial charge in [0.05, 0.1) is 12.6 Å². The third-order valence-corrected chi connectivity index (χ3v) is 8.42. The van der Waals surface area contributed by atoms with E-state index in [1.807, 2.05) is 72.5 Å². The molecule has 2 fully saturated rings. The number of Topliss-reactive ketones (excluding diaryl/α,β-unsaturated/α-hetero) is 3. The van der Waals surface area contributed by atoms with E-state index in [4.69, 9.17) is 0 Å². The number of hydrogen-bond donors (Lipinski definition) is 0. The second-order valence-corrected chi connectivity index (χ2v) is 11.3. The molecule has 2 aromatic carbocycles. The number of benzene rings is 2. The van der Waals surface area contributed by atoms with Crippen LogP contribution in [0, 0.1) is 11.8 Å². The number of carbonyl (C=O) groups excluding carboxylic acids is 4. The van der Waals surface area contributed by atoms with Gasteiger partial charge in [-0.15, -0.1) is 0 Å². The molecular formula is C33H42N2O4. The van der Waals surface area contributed by atoms with Crippen LogP contribution in [0.3, 0.4) is 0 Å². The minimum absolute atomic E-state index is 0.00414. The molecule has 6 nitrogen and oxygen atoms in total. The molecule has 6 heteroatoms. The van der Waals surface area contributed by atoms with Crippen LogP contribution in [0.2, 0.25) is 0 Å². The second kappa shape index (κ2) is 13.8. The molecule has 0 radical (unpaired) electrons. The molecule has 0 unspecified atom stereocenters. The highest BCUT2D eigenvalue weighted by atomic mass is 16.2. The summed E-state index contributed by atoms with van der Waals surface area (Å²) in [7, 11) is 0. The number of hydrogen-bond acceptors (Lipinski definition) is 5. The van der Waals surface area contributed by atoms with Crippen LogP contribution in [-0.2, 0) is 32.3 Å². The molecule has 208 valence electrons. The zero-order valence-electron chi connectivity index (χ0n) is 23.4. The van der Waals surface area contributed by atoms with Gasteiger partial charge in [0.2, 0.25) is 17.5 Å². The first kappa shape index (κ1) is 28.9. The van der Waals surface area contributed by atoms with Crippen molar-refractivity contribution >= 4 is 23.3 Å². The van der Waals surface area contributed by atoms with Crippen LogP contribution in [-0.4, -0.2) is 51.7 Å². The maximum absolute atomic E-state index is 13.6. The number of carbonyl (C=O) groups is 4. The van der Waals surface area contributed by atoms with E-state index in [-0.39, 0.29) is 30.7 Å². The molecule has 1 saturated heterocycles. The van der Waals surface area contributed by atoms with Crippen molar-refractivity contribution in [2.75, 3.05) is 6.54 Å². The Kier molecular flexibility index (Phi) is 10.2. The lowest BCUT2D eigenvalue weighted by molar-refractivity contribution is -0.142. The zero-order chi connectivity index (χ0) is 27.8. The molecule has 1 aliphatic carbocycles. The van der Waals surface area contributed by atoms with Crippen LogP contribution in [0.25, 0.3) is 0 Å². The third-order valence-electron chi connectivity index (χ3n) is 8.42. The van der Waals surface area contributed by atoms with E-state index in [1.165, 1.54) is 0 Å². The van der Waals surface area contributed by atoms with Crippen molar-refractivity contribution in [1.82, 2.24) is 9.80 Å². The molecule has 0 aromatic heterocycles. The number of rotatable bonds is 13. The van der Waals surface area contributed by atoms with Gasteiger partial charge >= 0.3 is 0 Å². The Hall–Kier alpha value is -3.12. The molecule has 4 atom stereocenters. The average Bonchev–Trinajstić information content (AvgIpc) is 3.34. The van der Waals surface area contributed by atoms with E-state index >= 15 is 0 Å². The molecule has 0 bridgehead atoms. The standard InChI is InChI=1S/C33H42N2O4/c1-3-12-28(20-31(37)30-19-27-17-10-11-18-29(27)35(30)24(2)36)33(39)32(38)23-34(21-25-13-6-4-7-14-25)22-26-15-8-5-9-16-26/h4-9,13-16,27-30H,3,10-12,17-23H2,1-2H3/t27-,28+,29-,30-/m0/s1. The van der Waals surface area contributed by atoms with Gasteiger partial charge in [-0.3, -0.25) is 24.1 Å². The summed E-state index contributed by atoms with van der Waals surface area (Å²) in [6.07, 6.45) is 6.14. The Morgan fingerprint density at radius 1 is 0.897 bits per heavy atom. The lowest BCUT2D eigenvalue weighted by Crippen LogP contribution is -2.46. The maximum Gasteiger partial charge on any atom is 0.220 e. The van der Waals surface area contributed by atoms with Crippen LogP contribution in [0.4, 0.5) is 0 Å². The smallest absolute Gasteiger partial charge is 0.220 e. The minimum Gasteiger partial charge on any atom is -0.330 e. The summed E-state index contributed by atoms with van der Waals surface area (Å²) in [5, 5.41) is 0. The van der Waals surface area contributed by atoms with Gasteiger partial charge in [-0.2, -0.15) is 0 Å². The summed E-state index contributed by atoms with van der Waals surface area (Å²) in [4.78, 5) is 56.7. The van der Waals surface area contributed by atoms with E-state index in [0.717, 1.165) is 36.8 Å². The van der Waals surface area contributed by atoms with Gasteiger partial charge in [0.25, 0.3) is 0 Å². The van der Waals surface area contributed by atoms with Crippen LogP contribution in [0.5, 0.6) is 0 Å². The van der Waals surface area contributed by atoms with Crippen molar-refractivity contribution in [2.45, 2.75) is 90.4 Å². The molecule has 2 aliphatic rings.